The molecule has 0 unspecified atom stereocenters. The van der Waals surface area contributed by atoms with Crippen LogP contribution in [0.25, 0.3) is 16.6 Å². The summed E-state index contributed by atoms with van der Waals surface area (Å²) in [7, 11) is 0. The Morgan fingerprint density at radius 3 is 2.42 bits per heavy atom. The highest BCUT2D eigenvalue weighted by molar-refractivity contribution is 7.03. The van der Waals surface area contributed by atoms with Crippen molar-refractivity contribution in [1.29, 1.82) is 0 Å². The Labute approximate surface area is 242 Å². The lowest BCUT2D eigenvalue weighted by molar-refractivity contribution is 0.138. The number of aromatic nitrogens is 3. The Morgan fingerprint density at radius 1 is 1.00 bits per heavy atom. The molecular formula is C28H22Cl2N4O5S. The van der Waals surface area contributed by atoms with Gasteiger partial charge in [-0.3, -0.25) is 4.79 Å². The zero-order valence-electron chi connectivity index (χ0n) is 21.1. The predicted molar refractivity (Wildman–Crippen MR) is 155 cm³/mol. The van der Waals surface area contributed by atoms with Crippen molar-refractivity contribution < 1.29 is 14.6 Å². The van der Waals surface area contributed by atoms with Crippen LogP contribution < -0.4 is 15.9 Å². The minimum absolute atomic E-state index is 0.0774. The number of carbonyl (C=O) groups excluding carboxylic acids is 1. The number of halogens is 2. The maximum Gasteiger partial charge on any atom is 0.407 e. The summed E-state index contributed by atoms with van der Waals surface area (Å²) in [6.07, 6.45) is -0.652. The summed E-state index contributed by atoms with van der Waals surface area (Å²) in [5.74, 6) is -0.198. The van der Waals surface area contributed by atoms with E-state index in [4.69, 9.17) is 27.9 Å². The largest absolute Gasteiger partial charge is 0.504 e. The fourth-order valence-corrected chi connectivity index (χ4v) is 5.28. The van der Waals surface area contributed by atoms with Gasteiger partial charge in [-0.05, 0) is 48.4 Å². The summed E-state index contributed by atoms with van der Waals surface area (Å²) < 4.78 is 7.81. The standard InChI is InChI=1S/C28H22Cl2N4O5S/c1-16-2-9-20(10-3-16)34-27(37)33(28(38)40-34)14-18-6-4-17(5-7-18)13-31-26(36)39-15-19-8-11-21-22(29)12-23(30)25(35)24(21)32-19/h2-12,35H,13-15H2,1H3,(H,31,36). The van der Waals surface area contributed by atoms with E-state index in [1.165, 1.54) is 14.6 Å². The molecule has 0 saturated carbocycles. The SMILES string of the molecule is Cc1ccc(-n2sc(=O)n(Cc3ccc(CNC(=O)OCc4ccc5c(Cl)cc(Cl)c(O)c5n4)cc3)c2=O)cc1. The van der Waals surface area contributed by atoms with Crippen molar-refractivity contribution in [3.8, 4) is 11.4 Å². The van der Waals surface area contributed by atoms with Gasteiger partial charge in [0.25, 0.3) is 0 Å². The topological polar surface area (TPSA) is 115 Å². The van der Waals surface area contributed by atoms with Crippen molar-refractivity contribution >= 4 is 51.7 Å². The third-order valence-corrected chi connectivity index (χ3v) is 7.66. The van der Waals surface area contributed by atoms with E-state index in [-0.39, 0.29) is 40.9 Å². The van der Waals surface area contributed by atoms with Crippen LogP contribution in [0.15, 0.2) is 76.3 Å². The van der Waals surface area contributed by atoms with Gasteiger partial charge < -0.3 is 15.2 Å². The van der Waals surface area contributed by atoms with Crippen LogP contribution >= 0.6 is 34.7 Å². The summed E-state index contributed by atoms with van der Waals surface area (Å²) in [4.78, 5) is 41.5. The van der Waals surface area contributed by atoms with E-state index in [0.29, 0.717) is 21.8 Å². The molecule has 12 heteroatoms. The van der Waals surface area contributed by atoms with Crippen LogP contribution in [-0.2, 0) is 24.4 Å². The fraction of sp³-hybridized carbons (Fsp3) is 0.143. The molecule has 0 fully saturated rings. The van der Waals surface area contributed by atoms with Crippen molar-refractivity contribution in [3.63, 3.8) is 0 Å². The van der Waals surface area contributed by atoms with E-state index in [9.17, 15) is 19.5 Å². The maximum absolute atomic E-state index is 12.8. The van der Waals surface area contributed by atoms with E-state index >= 15 is 0 Å². The highest BCUT2D eigenvalue weighted by atomic mass is 35.5. The first kappa shape index (κ1) is 27.4. The van der Waals surface area contributed by atoms with Crippen molar-refractivity contribution in [1.82, 2.24) is 18.8 Å². The average molecular weight is 597 g/mol. The number of hydrogen-bond donors (Lipinski definition) is 2. The van der Waals surface area contributed by atoms with Gasteiger partial charge in [0, 0.05) is 23.5 Å². The number of carbonyl (C=O) groups is 1. The second-order valence-corrected chi connectivity index (χ2v) is 10.7. The Balaban J connectivity index is 1.17. The normalized spacial score (nSPS) is 11.1. The summed E-state index contributed by atoms with van der Waals surface area (Å²) in [5.41, 5.74) is 3.51. The summed E-state index contributed by atoms with van der Waals surface area (Å²) in [5, 5.41) is 13.8. The number of aryl methyl sites for hydroxylation is 1. The summed E-state index contributed by atoms with van der Waals surface area (Å²) >= 11 is 13.0. The van der Waals surface area contributed by atoms with Gasteiger partial charge in [-0.1, -0.05) is 65.2 Å². The number of pyridine rings is 1. The molecule has 2 aromatic heterocycles. The second kappa shape index (κ2) is 11.5. The lowest BCUT2D eigenvalue weighted by Gasteiger charge is -2.09. The zero-order valence-corrected chi connectivity index (χ0v) is 23.4. The number of benzene rings is 3. The predicted octanol–water partition coefficient (Wildman–Crippen LogP) is 5.40. The third kappa shape index (κ3) is 5.89. The van der Waals surface area contributed by atoms with Crippen LogP contribution in [0.3, 0.4) is 0 Å². The van der Waals surface area contributed by atoms with Gasteiger partial charge >= 0.3 is 16.7 Å². The minimum atomic E-state index is -0.652. The number of amides is 1. The number of phenolic OH excluding ortho intramolecular Hbond substituents is 1. The molecule has 0 aliphatic heterocycles. The Bertz CT molecular complexity index is 1830. The van der Waals surface area contributed by atoms with Crippen molar-refractivity contribution in [2.24, 2.45) is 0 Å². The number of aromatic hydroxyl groups is 1. The first-order chi connectivity index (χ1) is 19.2. The first-order valence-electron chi connectivity index (χ1n) is 12.0. The first-order valence-corrected chi connectivity index (χ1v) is 13.6. The third-order valence-electron chi connectivity index (χ3n) is 6.13. The molecule has 5 aromatic rings. The van der Waals surface area contributed by atoms with Gasteiger partial charge in [0.05, 0.1) is 28.0 Å². The lowest BCUT2D eigenvalue weighted by atomic mass is 10.1. The van der Waals surface area contributed by atoms with E-state index in [1.54, 1.807) is 48.5 Å². The Morgan fingerprint density at radius 2 is 1.70 bits per heavy atom. The number of ether oxygens (including phenoxy) is 1. The molecule has 0 atom stereocenters. The van der Waals surface area contributed by atoms with Gasteiger partial charge in [0.15, 0.2) is 5.75 Å². The molecule has 0 spiro atoms. The van der Waals surface area contributed by atoms with Crippen molar-refractivity contribution in [3.05, 3.63) is 119 Å². The molecule has 9 nitrogen and oxygen atoms in total. The minimum Gasteiger partial charge on any atom is -0.504 e. The second-order valence-electron chi connectivity index (χ2n) is 8.99. The van der Waals surface area contributed by atoms with Crippen LogP contribution in [0, 0.1) is 6.92 Å². The summed E-state index contributed by atoms with van der Waals surface area (Å²) in [6.45, 7) is 2.16. The molecule has 0 radical (unpaired) electrons. The number of fused-ring (bicyclic) bond motifs is 1. The monoisotopic (exact) mass is 596 g/mol. The molecule has 1 amide bonds. The summed E-state index contributed by atoms with van der Waals surface area (Å²) in [6, 6.07) is 19.3. The smallest absolute Gasteiger partial charge is 0.407 e. The van der Waals surface area contributed by atoms with Gasteiger partial charge in [0.2, 0.25) is 0 Å². The average Bonchev–Trinajstić information content (AvgIpc) is 3.23. The number of phenols is 1. The van der Waals surface area contributed by atoms with E-state index in [0.717, 1.165) is 28.2 Å². The van der Waals surface area contributed by atoms with Crippen LogP contribution in [-0.4, -0.2) is 24.7 Å². The van der Waals surface area contributed by atoms with Gasteiger partial charge in [-0.2, -0.15) is 0 Å². The molecule has 0 aliphatic rings. The molecular weight excluding hydrogens is 575 g/mol. The quantitative estimate of drug-likeness (QED) is 0.260. The van der Waals surface area contributed by atoms with Crippen LogP contribution in [0.4, 0.5) is 4.79 Å². The van der Waals surface area contributed by atoms with E-state index < -0.39 is 11.8 Å². The zero-order chi connectivity index (χ0) is 28.4. The molecule has 204 valence electrons. The molecule has 0 bridgehead atoms. The number of alkyl carbamates (subject to hydrolysis) is 1. The molecule has 2 N–H and O–H groups in total. The van der Waals surface area contributed by atoms with Gasteiger partial charge in [0.1, 0.15) is 12.1 Å². The molecule has 0 saturated heterocycles. The number of nitrogens with zero attached hydrogens (tertiary/aromatic N) is 3. The number of rotatable bonds is 7. The van der Waals surface area contributed by atoms with Gasteiger partial charge in [-0.15, -0.1) is 0 Å². The lowest BCUT2D eigenvalue weighted by Crippen LogP contribution is -2.28. The van der Waals surface area contributed by atoms with Gasteiger partial charge in [-0.25, -0.2) is 23.1 Å². The van der Waals surface area contributed by atoms with Crippen molar-refractivity contribution in [2.75, 3.05) is 0 Å². The van der Waals surface area contributed by atoms with E-state index in [1.807, 2.05) is 19.1 Å². The number of hydrogen-bond acceptors (Lipinski definition) is 7. The Kier molecular flexibility index (Phi) is 7.92. The Hall–Kier alpha value is -4.12. The molecule has 0 aliphatic carbocycles. The molecule has 5 rings (SSSR count). The van der Waals surface area contributed by atoms with Crippen LogP contribution in [0.1, 0.15) is 22.4 Å². The maximum atomic E-state index is 12.8. The molecule has 3 aromatic carbocycles. The van der Waals surface area contributed by atoms with Crippen molar-refractivity contribution in [2.45, 2.75) is 26.6 Å². The number of nitrogens with one attached hydrogen (secondary N) is 1. The molecule has 2 heterocycles. The highest BCUT2D eigenvalue weighted by Crippen LogP contribution is 2.36. The highest BCUT2D eigenvalue weighted by Gasteiger charge is 2.14. The van der Waals surface area contributed by atoms with E-state index in [2.05, 4.69) is 10.3 Å². The van der Waals surface area contributed by atoms with Crippen LogP contribution in [0.2, 0.25) is 10.0 Å². The fourth-order valence-electron chi connectivity index (χ4n) is 3.96. The van der Waals surface area contributed by atoms with Crippen LogP contribution in [0.5, 0.6) is 5.75 Å². The molecule has 40 heavy (non-hydrogen) atoms.